The summed E-state index contributed by atoms with van der Waals surface area (Å²) in [5, 5.41) is -0.620. The summed E-state index contributed by atoms with van der Waals surface area (Å²) in [7, 11) is 0. The molecule has 2 aliphatic heterocycles. The third-order valence-corrected chi connectivity index (χ3v) is 4.94. The molecule has 9 nitrogen and oxygen atoms in total. The molecule has 10 heteroatoms. The van der Waals surface area contributed by atoms with Crippen molar-refractivity contribution in [1.29, 1.82) is 0 Å². The predicted molar refractivity (Wildman–Crippen MR) is 85.6 cm³/mol. The summed E-state index contributed by atoms with van der Waals surface area (Å²) >= 11 is 1.35. The zero-order valence-corrected chi connectivity index (χ0v) is 15.2. The summed E-state index contributed by atoms with van der Waals surface area (Å²) in [6.45, 7) is 5.50. The first-order chi connectivity index (χ1) is 11.8. The monoisotopic (exact) mass is 375 g/mol. The summed E-state index contributed by atoms with van der Waals surface area (Å²) in [4.78, 5) is 48.3. The zero-order chi connectivity index (χ0) is 18.7. The molecule has 25 heavy (non-hydrogen) atoms. The first-order valence-electron chi connectivity index (χ1n) is 7.84. The summed E-state index contributed by atoms with van der Waals surface area (Å²) in [5.41, 5.74) is 0. The second-order valence-electron chi connectivity index (χ2n) is 5.62. The number of hydrogen-bond acceptors (Lipinski definition) is 9. The van der Waals surface area contributed by atoms with Gasteiger partial charge in [-0.1, -0.05) is 6.92 Å². The van der Waals surface area contributed by atoms with Crippen molar-refractivity contribution in [2.24, 2.45) is 0 Å². The molecule has 2 heterocycles. The van der Waals surface area contributed by atoms with Crippen LogP contribution >= 0.6 is 11.8 Å². The van der Waals surface area contributed by atoms with Gasteiger partial charge in [-0.25, -0.2) is 4.79 Å². The van der Waals surface area contributed by atoms with E-state index < -0.39 is 53.7 Å². The Hall–Kier alpha value is -1.97. The van der Waals surface area contributed by atoms with Crippen LogP contribution in [0.1, 0.15) is 27.7 Å². The lowest BCUT2D eigenvalue weighted by molar-refractivity contribution is -0.200. The molecule has 0 N–H and O–H groups in total. The van der Waals surface area contributed by atoms with Crippen molar-refractivity contribution in [2.45, 2.75) is 57.4 Å². The number of piperidine rings is 1. The van der Waals surface area contributed by atoms with Crippen molar-refractivity contribution < 1.29 is 38.1 Å². The molecule has 2 fully saturated rings. The van der Waals surface area contributed by atoms with E-state index in [-0.39, 0.29) is 6.61 Å². The molecule has 2 saturated heterocycles. The van der Waals surface area contributed by atoms with Gasteiger partial charge in [-0.2, -0.15) is 0 Å². The standard InChI is InChI=1S/C15H21NO8S/c1-5-25-14-13(24-9(4)19)12(23-8(3)18)11(22-7(2)17)10-6-21-15(20)16(10)14/h10-14H,5-6H2,1-4H3. The lowest BCUT2D eigenvalue weighted by Gasteiger charge is -2.47. The molecule has 0 aliphatic carbocycles. The average Bonchev–Trinajstić information content (AvgIpc) is 2.87. The van der Waals surface area contributed by atoms with Crippen LogP contribution in [0.2, 0.25) is 0 Å². The fraction of sp³-hybridized carbons (Fsp3) is 0.733. The third kappa shape index (κ3) is 4.17. The molecule has 5 atom stereocenters. The Morgan fingerprint density at radius 3 is 2.08 bits per heavy atom. The number of ether oxygens (including phenoxy) is 4. The van der Waals surface area contributed by atoms with Gasteiger partial charge >= 0.3 is 24.0 Å². The van der Waals surface area contributed by atoms with Crippen LogP contribution in [0.5, 0.6) is 0 Å². The highest BCUT2D eigenvalue weighted by Crippen LogP contribution is 2.39. The summed E-state index contributed by atoms with van der Waals surface area (Å²) in [5.74, 6) is -1.21. The second-order valence-corrected chi connectivity index (χ2v) is 7.01. The van der Waals surface area contributed by atoms with Gasteiger partial charge in [0.05, 0.1) is 0 Å². The maximum atomic E-state index is 12.2. The van der Waals surface area contributed by atoms with E-state index >= 15 is 0 Å². The van der Waals surface area contributed by atoms with Gasteiger partial charge in [0, 0.05) is 20.8 Å². The molecule has 0 aromatic heterocycles. The van der Waals surface area contributed by atoms with E-state index in [1.54, 1.807) is 0 Å². The molecule has 2 aliphatic rings. The Balaban J connectivity index is 2.46. The van der Waals surface area contributed by atoms with Crippen molar-refractivity contribution in [3.05, 3.63) is 0 Å². The highest BCUT2D eigenvalue weighted by Gasteiger charge is 2.59. The molecule has 0 bridgehead atoms. The highest BCUT2D eigenvalue weighted by atomic mass is 32.2. The Kier molecular flexibility index (Phi) is 6.15. The quantitative estimate of drug-likeness (QED) is 0.506. The van der Waals surface area contributed by atoms with Gasteiger partial charge in [0.2, 0.25) is 0 Å². The first kappa shape index (κ1) is 19.4. The minimum absolute atomic E-state index is 0.0118. The molecule has 0 aromatic carbocycles. The van der Waals surface area contributed by atoms with Gasteiger partial charge in [-0.15, -0.1) is 11.8 Å². The molecular formula is C15H21NO8S. The third-order valence-electron chi connectivity index (χ3n) is 3.77. The van der Waals surface area contributed by atoms with E-state index in [1.807, 2.05) is 6.92 Å². The van der Waals surface area contributed by atoms with Gasteiger partial charge in [0.25, 0.3) is 0 Å². The summed E-state index contributed by atoms with van der Waals surface area (Å²) in [6, 6.07) is -0.628. The van der Waals surface area contributed by atoms with Crippen LogP contribution in [0, 0.1) is 0 Å². The van der Waals surface area contributed by atoms with Gasteiger partial charge in [0.1, 0.15) is 18.0 Å². The van der Waals surface area contributed by atoms with Crippen LogP contribution in [0.4, 0.5) is 4.79 Å². The molecule has 0 aromatic rings. The van der Waals surface area contributed by atoms with Crippen molar-refractivity contribution in [2.75, 3.05) is 12.4 Å². The maximum absolute atomic E-state index is 12.2. The van der Waals surface area contributed by atoms with E-state index in [0.29, 0.717) is 5.75 Å². The van der Waals surface area contributed by atoms with Crippen molar-refractivity contribution >= 4 is 35.8 Å². The first-order valence-corrected chi connectivity index (χ1v) is 8.89. The van der Waals surface area contributed by atoms with Crippen LogP contribution in [0.15, 0.2) is 0 Å². The number of nitrogens with zero attached hydrogens (tertiary/aromatic N) is 1. The number of rotatable bonds is 5. The fourth-order valence-corrected chi connectivity index (χ4v) is 4.19. The van der Waals surface area contributed by atoms with Crippen LogP contribution in [0.25, 0.3) is 0 Å². The Bertz CT molecular complexity index is 552. The van der Waals surface area contributed by atoms with Gasteiger partial charge in [-0.3, -0.25) is 19.3 Å². The number of carbonyl (C=O) groups excluding carboxylic acids is 4. The minimum Gasteiger partial charge on any atom is -0.456 e. The minimum atomic E-state index is -1.04. The smallest absolute Gasteiger partial charge is 0.411 e. The van der Waals surface area contributed by atoms with Crippen LogP contribution in [-0.4, -0.2) is 71.0 Å². The van der Waals surface area contributed by atoms with Gasteiger partial charge in [0.15, 0.2) is 18.3 Å². The maximum Gasteiger partial charge on any atom is 0.411 e. The number of amides is 1. The second kappa shape index (κ2) is 7.94. The molecule has 140 valence electrons. The number of fused-ring (bicyclic) bond motifs is 1. The fourth-order valence-electron chi connectivity index (χ4n) is 3.04. The summed E-state index contributed by atoms with van der Waals surface area (Å²) < 4.78 is 21.1. The van der Waals surface area contributed by atoms with Crippen LogP contribution in [-0.2, 0) is 33.3 Å². The van der Waals surface area contributed by atoms with E-state index in [2.05, 4.69) is 0 Å². The van der Waals surface area contributed by atoms with E-state index in [9.17, 15) is 19.2 Å². The van der Waals surface area contributed by atoms with Crippen molar-refractivity contribution in [3.8, 4) is 0 Å². The normalized spacial score (nSPS) is 31.0. The zero-order valence-electron chi connectivity index (χ0n) is 14.4. The average molecular weight is 375 g/mol. The SMILES string of the molecule is CCSC1C(OC(C)=O)C(OC(C)=O)C(OC(C)=O)C2COC(=O)N21. The Morgan fingerprint density at radius 1 is 1.04 bits per heavy atom. The molecule has 0 spiro atoms. The number of cyclic esters (lactones) is 1. The lowest BCUT2D eigenvalue weighted by atomic mass is 9.94. The number of esters is 3. The van der Waals surface area contributed by atoms with Crippen molar-refractivity contribution in [1.82, 2.24) is 4.90 Å². The van der Waals surface area contributed by atoms with Crippen LogP contribution < -0.4 is 0 Å². The molecule has 0 radical (unpaired) electrons. The summed E-state index contributed by atoms with van der Waals surface area (Å²) in [6.07, 6.45) is -3.61. The van der Waals surface area contributed by atoms with Gasteiger partial charge < -0.3 is 18.9 Å². The highest BCUT2D eigenvalue weighted by molar-refractivity contribution is 7.99. The van der Waals surface area contributed by atoms with Gasteiger partial charge in [-0.05, 0) is 5.75 Å². The number of thioether (sulfide) groups is 1. The molecule has 2 rings (SSSR count). The Labute approximate surface area is 149 Å². The number of carbonyl (C=O) groups is 4. The molecule has 5 unspecified atom stereocenters. The van der Waals surface area contributed by atoms with E-state index in [1.165, 1.54) is 37.4 Å². The topological polar surface area (TPSA) is 108 Å². The molecule has 1 amide bonds. The number of hydrogen-bond donors (Lipinski definition) is 0. The molecule has 0 saturated carbocycles. The predicted octanol–water partition coefficient (Wildman–Crippen LogP) is 0.695. The Morgan fingerprint density at radius 2 is 1.56 bits per heavy atom. The van der Waals surface area contributed by atoms with E-state index in [4.69, 9.17) is 18.9 Å². The van der Waals surface area contributed by atoms with Crippen LogP contribution in [0.3, 0.4) is 0 Å². The lowest BCUT2D eigenvalue weighted by Crippen LogP contribution is -2.67. The van der Waals surface area contributed by atoms with Crippen molar-refractivity contribution in [3.63, 3.8) is 0 Å². The molecular weight excluding hydrogens is 354 g/mol. The van der Waals surface area contributed by atoms with E-state index in [0.717, 1.165) is 0 Å². The largest absolute Gasteiger partial charge is 0.456 e.